The van der Waals surface area contributed by atoms with Crippen LogP contribution in [0.15, 0.2) is 41.3 Å². The highest BCUT2D eigenvalue weighted by Gasteiger charge is 2.38. The molecule has 1 heterocycles. The number of nitrogens with zero attached hydrogens (tertiary/aromatic N) is 2. The second-order valence-corrected chi connectivity index (χ2v) is 9.95. The SMILES string of the molecule is Cc1c(C(F)(F)F)nnc(Oc2cc(F)c(Cl)cc2Cl)c1C(=O)Nc1cccc(S(C)(=N)=O)c1. The molecule has 0 aliphatic rings. The summed E-state index contributed by atoms with van der Waals surface area (Å²) in [6, 6.07) is 7.22. The fourth-order valence-electron chi connectivity index (χ4n) is 2.80. The molecule has 2 N–H and O–H groups in total. The van der Waals surface area contributed by atoms with Gasteiger partial charge in [0.05, 0.1) is 19.8 Å². The summed E-state index contributed by atoms with van der Waals surface area (Å²) >= 11 is 11.6. The molecule has 0 radical (unpaired) electrons. The topological polar surface area (TPSA) is 105 Å². The molecule has 0 saturated carbocycles. The van der Waals surface area contributed by atoms with Gasteiger partial charge in [0.25, 0.3) is 11.8 Å². The molecule has 0 fully saturated rings. The number of hydrogen-bond donors (Lipinski definition) is 2. The smallest absolute Gasteiger partial charge is 0.435 e. The fraction of sp³-hybridized carbons (Fsp3) is 0.150. The molecular formula is C20H14Cl2F4N4O3S. The molecular weight excluding hydrogens is 523 g/mol. The predicted octanol–water partition coefficient (Wildman–Crippen LogP) is 6.33. The number of amides is 1. The number of aromatic nitrogens is 2. The van der Waals surface area contributed by atoms with Crippen molar-refractivity contribution in [2.45, 2.75) is 18.0 Å². The highest BCUT2D eigenvalue weighted by Crippen LogP contribution is 2.37. The molecule has 0 bridgehead atoms. The number of ether oxygens (including phenoxy) is 1. The van der Waals surface area contributed by atoms with Crippen molar-refractivity contribution in [1.82, 2.24) is 10.2 Å². The van der Waals surface area contributed by atoms with E-state index in [9.17, 15) is 26.6 Å². The van der Waals surface area contributed by atoms with Crippen LogP contribution in [0.2, 0.25) is 10.0 Å². The average molecular weight is 537 g/mol. The minimum atomic E-state index is -4.94. The zero-order valence-electron chi connectivity index (χ0n) is 17.3. The van der Waals surface area contributed by atoms with Crippen LogP contribution in [0.5, 0.6) is 11.6 Å². The summed E-state index contributed by atoms with van der Waals surface area (Å²) in [4.78, 5) is 13.1. The largest absolute Gasteiger partial charge is 0.435 e. The second kappa shape index (κ2) is 9.35. The number of anilines is 1. The number of rotatable bonds is 5. The molecule has 7 nitrogen and oxygen atoms in total. The van der Waals surface area contributed by atoms with Gasteiger partial charge in [-0.1, -0.05) is 29.3 Å². The van der Waals surface area contributed by atoms with Gasteiger partial charge in [0, 0.05) is 22.9 Å². The van der Waals surface area contributed by atoms with E-state index < -0.39 is 50.3 Å². The molecule has 3 aromatic rings. The second-order valence-electron chi connectivity index (χ2n) is 6.98. The van der Waals surface area contributed by atoms with Crippen molar-refractivity contribution in [2.24, 2.45) is 0 Å². The van der Waals surface area contributed by atoms with Crippen LogP contribution in [0.3, 0.4) is 0 Å². The van der Waals surface area contributed by atoms with E-state index in [4.69, 9.17) is 32.7 Å². The highest BCUT2D eigenvalue weighted by atomic mass is 35.5. The summed E-state index contributed by atoms with van der Waals surface area (Å²) < 4.78 is 79.1. The van der Waals surface area contributed by atoms with E-state index in [1.54, 1.807) is 0 Å². The summed E-state index contributed by atoms with van der Waals surface area (Å²) in [7, 11) is -3.13. The minimum Gasteiger partial charge on any atom is -0.435 e. The zero-order valence-corrected chi connectivity index (χ0v) is 19.6. The summed E-state index contributed by atoms with van der Waals surface area (Å²) in [6.45, 7) is 0.989. The van der Waals surface area contributed by atoms with E-state index in [1.165, 1.54) is 30.5 Å². The molecule has 1 atom stereocenters. The van der Waals surface area contributed by atoms with E-state index in [0.29, 0.717) is 0 Å². The Morgan fingerprint density at radius 2 is 1.82 bits per heavy atom. The van der Waals surface area contributed by atoms with Crippen molar-refractivity contribution in [3.63, 3.8) is 0 Å². The third kappa shape index (κ3) is 5.57. The van der Waals surface area contributed by atoms with Crippen molar-refractivity contribution in [2.75, 3.05) is 11.6 Å². The first-order valence-corrected chi connectivity index (χ1v) is 11.8. The van der Waals surface area contributed by atoms with Crippen LogP contribution < -0.4 is 10.1 Å². The lowest BCUT2D eigenvalue weighted by Gasteiger charge is -2.16. The van der Waals surface area contributed by atoms with Gasteiger partial charge in [-0.2, -0.15) is 13.2 Å². The number of hydrogen-bond acceptors (Lipinski definition) is 6. The van der Waals surface area contributed by atoms with E-state index in [2.05, 4.69) is 15.5 Å². The minimum absolute atomic E-state index is 0.0515. The lowest BCUT2D eigenvalue weighted by atomic mass is 10.1. The molecule has 3 rings (SSSR count). The quantitative estimate of drug-likeness (QED) is 0.292. The normalized spacial score (nSPS) is 13.3. The Balaban J connectivity index is 2.10. The van der Waals surface area contributed by atoms with Crippen LogP contribution in [0.25, 0.3) is 0 Å². The van der Waals surface area contributed by atoms with E-state index >= 15 is 0 Å². The summed E-state index contributed by atoms with van der Waals surface area (Å²) in [6.07, 6.45) is -3.77. The molecule has 1 amide bonds. The molecule has 1 unspecified atom stereocenters. The summed E-state index contributed by atoms with van der Waals surface area (Å²) in [5.41, 5.74) is -2.65. The van der Waals surface area contributed by atoms with Gasteiger partial charge in [-0.3, -0.25) is 4.79 Å². The first kappa shape index (κ1) is 25.7. The van der Waals surface area contributed by atoms with Crippen LogP contribution in [-0.4, -0.2) is 26.6 Å². The molecule has 14 heteroatoms. The van der Waals surface area contributed by atoms with Gasteiger partial charge in [0.15, 0.2) is 11.4 Å². The van der Waals surface area contributed by atoms with Gasteiger partial charge in [0.2, 0.25) is 0 Å². The number of nitrogens with one attached hydrogen (secondary N) is 2. The van der Waals surface area contributed by atoms with Gasteiger partial charge >= 0.3 is 6.18 Å². The third-order valence-electron chi connectivity index (χ3n) is 4.40. The highest BCUT2D eigenvalue weighted by molar-refractivity contribution is 7.91. The zero-order chi connectivity index (χ0) is 25.4. The molecule has 0 aliphatic carbocycles. The lowest BCUT2D eigenvalue weighted by molar-refractivity contribution is -0.142. The molecule has 2 aromatic carbocycles. The van der Waals surface area contributed by atoms with Crippen molar-refractivity contribution >= 4 is 44.5 Å². The molecule has 180 valence electrons. The Hall–Kier alpha value is -2.96. The van der Waals surface area contributed by atoms with Crippen LogP contribution in [0, 0.1) is 17.5 Å². The van der Waals surface area contributed by atoms with E-state index in [-0.39, 0.29) is 26.4 Å². The Morgan fingerprint density at radius 3 is 2.44 bits per heavy atom. The monoisotopic (exact) mass is 536 g/mol. The van der Waals surface area contributed by atoms with Gasteiger partial charge in [-0.25, -0.2) is 13.4 Å². The van der Waals surface area contributed by atoms with Crippen molar-refractivity contribution in [3.8, 4) is 11.6 Å². The first-order valence-electron chi connectivity index (χ1n) is 9.10. The Kier molecular flexibility index (Phi) is 7.06. The maximum absolute atomic E-state index is 13.9. The molecule has 1 aromatic heterocycles. The van der Waals surface area contributed by atoms with Gasteiger partial charge in [-0.05, 0) is 36.8 Å². The summed E-state index contributed by atoms with van der Waals surface area (Å²) in [5, 5.41) is 8.31. The summed E-state index contributed by atoms with van der Waals surface area (Å²) in [5.74, 6) is -3.06. The molecule has 0 spiro atoms. The maximum Gasteiger partial charge on any atom is 0.435 e. The lowest BCUT2D eigenvalue weighted by Crippen LogP contribution is -2.21. The van der Waals surface area contributed by atoms with Gasteiger partial charge in [0.1, 0.15) is 11.4 Å². The van der Waals surface area contributed by atoms with Crippen LogP contribution in [0.4, 0.5) is 23.2 Å². The van der Waals surface area contributed by atoms with E-state index in [0.717, 1.165) is 19.1 Å². The number of alkyl halides is 3. The predicted molar refractivity (Wildman–Crippen MR) is 118 cm³/mol. The third-order valence-corrected chi connectivity index (χ3v) is 6.14. The molecule has 0 saturated heterocycles. The van der Waals surface area contributed by atoms with Crippen LogP contribution >= 0.6 is 23.2 Å². The Labute approximate surface area is 201 Å². The van der Waals surface area contributed by atoms with Crippen molar-refractivity contribution in [3.05, 3.63) is 69.1 Å². The number of halogens is 6. The van der Waals surface area contributed by atoms with Crippen molar-refractivity contribution in [1.29, 1.82) is 4.78 Å². The number of carbonyl (C=O) groups excluding carboxylic acids is 1. The average Bonchev–Trinajstić information content (AvgIpc) is 2.70. The number of benzene rings is 2. The Bertz CT molecular complexity index is 1400. The van der Waals surface area contributed by atoms with Gasteiger partial charge in [-0.15, -0.1) is 10.2 Å². The molecule has 34 heavy (non-hydrogen) atoms. The first-order chi connectivity index (χ1) is 15.7. The Morgan fingerprint density at radius 1 is 1.15 bits per heavy atom. The standard InChI is InChI=1S/C20H14Cl2F4N4O3S/c1-9-16(18(31)28-10-4-3-5-11(6-10)34(2,27)32)19(30-29-17(9)20(24,25)26)33-15-8-14(23)12(21)7-13(15)22/h3-8,27H,1-2H3,(H,28,31). The van der Waals surface area contributed by atoms with Crippen LogP contribution in [0.1, 0.15) is 21.6 Å². The van der Waals surface area contributed by atoms with Gasteiger partial charge < -0.3 is 10.1 Å². The van der Waals surface area contributed by atoms with Crippen molar-refractivity contribution < 1.29 is 31.3 Å². The van der Waals surface area contributed by atoms with Crippen LogP contribution in [-0.2, 0) is 15.9 Å². The molecule has 0 aliphatic heterocycles. The maximum atomic E-state index is 13.9. The number of carbonyl (C=O) groups is 1. The van der Waals surface area contributed by atoms with E-state index in [1.807, 2.05) is 0 Å². The fourth-order valence-corrected chi connectivity index (χ4v) is 3.92.